The Morgan fingerprint density at radius 1 is 0.900 bits per heavy atom. The van der Waals surface area contributed by atoms with Crippen molar-refractivity contribution in [1.82, 2.24) is 10.2 Å². The van der Waals surface area contributed by atoms with Gasteiger partial charge in [0.1, 0.15) is 18.3 Å². The van der Waals surface area contributed by atoms with Crippen LogP contribution in [0, 0.1) is 13.8 Å². The van der Waals surface area contributed by atoms with Gasteiger partial charge >= 0.3 is 0 Å². The lowest BCUT2D eigenvalue weighted by Gasteiger charge is -2.34. The largest absolute Gasteiger partial charge is 0.495 e. The summed E-state index contributed by atoms with van der Waals surface area (Å²) in [6, 6.07) is 21.3. The number of hydrogen-bond donors (Lipinski definition) is 1. The first kappa shape index (κ1) is 30.7. The maximum absolute atomic E-state index is 14.2. The van der Waals surface area contributed by atoms with Crippen molar-refractivity contribution in [3.8, 4) is 5.75 Å². The van der Waals surface area contributed by atoms with Crippen LogP contribution in [0.2, 0.25) is 0 Å². The highest BCUT2D eigenvalue weighted by molar-refractivity contribution is 7.92. The zero-order chi connectivity index (χ0) is 29.4. The molecule has 0 aliphatic rings. The van der Waals surface area contributed by atoms with Gasteiger partial charge in [-0.05, 0) is 56.5 Å². The molecule has 0 fully saturated rings. The minimum absolute atomic E-state index is 0.130. The Bertz CT molecular complexity index is 1410. The van der Waals surface area contributed by atoms with Crippen LogP contribution in [-0.4, -0.2) is 57.1 Å². The summed E-state index contributed by atoms with van der Waals surface area (Å²) in [6.45, 7) is 7.16. The Morgan fingerprint density at radius 2 is 1.52 bits per heavy atom. The molecule has 214 valence electrons. The zero-order valence-electron chi connectivity index (χ0n) is 24.0. The SMILES string of the molecule is COc1ccc(C)cc1N(CC(=O)N(Cc1ccc(C)cc1)[C@H](Cc1ccccc1)C(=O)NC(C)C)S(C)(=O)=O. The molecule has 0 aromatic heterocycles. The van der Waals surface area contributed by atoms with Gasteiger partial charge in [0.2, 0.25) is 21.8 Å². The Balaban J connectivity index is 2.09. The second-order valence-electron chi connectivity index (χ2n) is 10.3. The van der Waals surface area contributed by atoms with E-state index in [1.165, 1.54) is 12.0 Å². The Labute approximate surface area is 238 Å². The van der Waals surface area contributed by atoms with E-state index in [-0.39, 0.29) is 30.6 Å². The highest BCUT2D eigenvalue weighted by atomic mass is 32.2. The summed E-state index contributed by atoms with van der Waals surface area (Å²) in [7, 11) is -2.44. The van der Waals surface area contributed by atoms with Crippen LogP contribution in [-0.2, 0) is 32.6 Å². The van der Waals surface area contributed by atoms with Crippen LogP contribution in [0.5, 0.6) is 5.75 Å². The molecular weight excluding hydrogens is 526 g/mol. The fraction of sp³-hybridized carbons (Fsp3) is 0.355. The summed E-state index contributed by atoms with van der Waals surface area (Å²) < 4.78 is 32.5. The average Bonchev–Trinajstić information content (AvgIpc) is 2.89. The van der Waals surface area contributed by atoms with E-state index in [9.17, 15) is 18.0 Å². The number of nitrogens with zero attached hydrogens (tertiary/aromatic N) is 2. The molecule has 1 atom stereocenters. The number of anilines is 1. The molecule has 0 bridgehead atoms. The molecule has 0 aliphatic carbocycles. The van der Waals surface area contributed by atoms with Crippen molar-refractivity contribution in [3.05, 3.63) is 95.1 Å². The van der Waals surface area contributed by atoms with E-state index in [2.05, 4.69) is 5.32 Å². The first-order valence-corrected chi connectivity index (χ1v) is 15.1. The number of aryl methyl sites for hydroxylation is 2. The lowest BCUT2D eigenvalue weighted by molar-refractivity contribution is -0.140. The highest BCUT2D eigenvalue weighted by Crippen LogP contribution is 2.31. The predicted molar refractivity (Wildman–Crippen MR) is 159 cm³/mol. The van der Waals surface area contributed by atoms with Crippen LogP contribution >= 0.6 is 0 Å². The zero-order valence-corrected chi connectivity index (χ0v) is 24.9. The summed E-state index contributed by atoms with van der Waals surface area (Å²) in [5.74, 6) is -0.486. The molecule has 0 aliphatic heterocycles. The van der Waals surface area contributed by atoms with Crippen LogP contribution in [0.3, 0.4) is 0 Å². The van der Waals surface area contributed by atoms with Gasteiger partial charge < -0.3 is 15.0 Å². The van der Waals surface area contributed by atoms with Crippen molar-refractivity contribution in [2.24, 2.45) is 0 Å². The number of rotatable bonds is 12. The Kier molecular flexibility index (Phi) is 10.3. The van der Waals surface area contributed by atoms with Gasteiger partial charge in [0, 0.05) is 19.0 Å². The molecule has 0 radical (unpaired) electrons. The standard InChI is InChI=1S/C31H39N3O5S/c1-22(2)32-31(36)28(19-25-10-8-7-9-11-25)33(20-26-15-12-23(3)13-16-26)30(35)21-34(40(6,37)38)27-18-24(4)14-17-29(27)39-5/h7-18,22,28H,19-21H2,1-6H3,(H,32,36)/t28-/m1/s1. The van der Waals surface area contributed by atoms with E-state index in [1.807, 2.05) is 82.3 Å². The van der Waals surface area contributed by atoms with Crippen LogP contribution in [0.4, 0.5) is 5.69 Å². The third kappa shape index (κ3) is 8.32. The van der Waals surface area contributed by atoms with E-state index in [0.717, 1.165) is 32.8 Å². The second-order valence-corrected chi connectivity index (χ2v) is 12.2. The van der Waals surface area contributed by atoms with Gasteiger partial charge in [-0.1, -0.05) is 66.2 Å². The fourth-order valence-electron chi connectivity index (χ4n) is 4.41. The third-order valence-corrected chi connectivity index (χ3v) is 7.58. The summed E-state index contributed by atoms with van der Waals surface area (Å²) in [6.07, 6.45) is 1.32. The van der Waals surface area contributed by atoms with Gasteiger partial charge in [-0.2, -0.15) is 0 Å². The first-order chi connectivity index (χ1) is 18.9. The summed E-state index contributed by atoms with van der Waals surface area (Å²) in [5.41, 5.74) is 3.85. The summed E-state index contributed by atoms with van der Waals surface area (Å²) >= 11 is 0. The number of hydrogen-bond acceptors (Lipinski definition) is 5. The molecule has 1 N–H and O–H groups in total. The van der Waals surface area contributed by atoms with Crippen LogP contribution < -0.4 is 14.4 Å². The lowest BCUT2D eigenvalue weighted by Crippen LogP contribution is -2.54. The molecule has 0 saturated heterocycles. The van der Waals surface area contributed by atoms with Crippen molar-refractivity contribution in [2.45, 2.75) is 52.7 Å². The number of sulfonamides is 1. The average molecular weight is 566 g/mol. The van der Waals surface area contributed by atoms with Crippen molar-refractivity contribution in [2.75, 3.05) is 24.2 Å². The smallest absolute Gasteiger partial charge is 0.244 e. The quantitative estimate of drug-likeness (QED) is 0.354. The molecule has 0 spiro atoms. The van der Waals surface area contributed by atoms with E-state index in [1.54, 1.807) is 18.2 Å². The minimum atomic E-state index is -3.89. The number of ether oxygens (including phenoxy) is 1. The summed E-state index contributed by atoms with van der Waals surface area (Å²) in [4.78, 5) is 29.2. The number of carbonyl (C=O) groups excluding carboxylic acids is 2. The number of benzene rings is 3. The molecule has 3 aromatic carbocycles. The van der Waals surface area contributed by atoms with Gasteiger partial charge in [0.05, 0.1) is 19.1 Å². The van der Waals surface area contributed by atoms with Crippen molar-refractivity contribution in [1.29, 1.82) is 0 Å². The van der Waals surface area contributed by atoms with Crippen molar-refractivity contribution < 1.29 is 22.7 Å². The van der Waals surface area contributed by atoms with Crippen LogP contribution in [0.1, 0.15) is 36.1 Å². The van der Waals surface area contributed by atoms with E-state index >= 15 is 0 Å². The van der Waals surface area contributed by atoms with Crippen LogP contribution in [0.25, 0.3) is 0 Å². The van der Waals surface area contributed by atoms with E-state index in [0.29, 0.717) is 5.75 Å². The van der Waals surface area contributed by atoms with E-state index in [4.69, 9.17) is 4.74 Å². The molecule has 3 rings (SSSR count). The van der Waals surface area contributed by atoms with Gasteiger partial charge in [-0.25, -0.2) is 8.42 Å². The molecule has 0 unspecified atom stereocenters. The maximum Gasteiger partial charge on any atom is 0.244 e. The molecule has 40 heavy (non-hydrogen) atoms. The summed E-state index contributed by atoms with van der Waals surface area (Å²) in [5, 5.41) is 2.95. The van der Waals surface area contributed by atoms with Gasteiger partial charge in [0.15, 0.2) is 0 Å². The highest BCUT2D eigenvalue weighted by Gasteiger charge is 2.34. The fourth-order valence-corrected chi connectivity index (χ4v) is 5.26. The number of methoxy groups -OCH3 is 1. The molecule has 3 aromatic rings. The maximum atomic E-state index is 14.2. The Morgan fingerprint density at radius 3 is 2.10 bits per heavy atom. The second kappa shape index (κ2) is 13.5. The third-order valence-electron chi connectivity index (χ3n) is 6.46. The van der Waals surface area contributed by atoms with Crippen molar-refractivity contribution >= 4 is 27.5 Å². The normalized spacial score (nSPS) is 12.1. The van der Waals surface area contributed by atoms with Crippen molar-refractivity contribution in [3.63, 3.8) is 0 Å². The van der Waals surface area contributed by atoms with Gasteiger partial charge in [-0.3, -0.25) is 13.9 Å². The Hall–Kier alpha value is -3.85. The topological polar surface area (TPSA) is 96.0 Å². The number of nitrogens with one attached hydrogen (secondary N) is 1. The van der Waals surface area contributed by atoms with Gasteiger partial charge in [-0.15, -0.1) is 0 Å². The number of amides is 2. The minimum Gasteiger partial charge on any atom is -0.495 e. The molecular formula is C31H39N3O5S. The predicted octanol–water partition coefficient (Wildman–Crippen LogP) is 4.24. The molecule has 8 nitrogen and oxygen atoms in total. The first-order valence-electron chi connectivity index (χ1n) is 13.2. The van der Waals surface area contributed by atoms with E-state index < -0.39 is 28.5 Å². The monoisotopic (exact) mass is 565 g/mol. The lowest BCUT2D eigenvalue weighted by atomic mass is 10.0. The van der Waals surface area contributed by atoms with Crippen LogP contribution in [0.15, 0.2) is 72.8 Å². The number of carbonyl (C=O) groups is 2. The molecule has 9 heteroatoms. The molecule has 2 amide bonds. The van der Waals surface area contributed by atoms with Gasteiger partial charge in [0.25, 0.3) is 0 Å². The molecule has 0 saturated carbocycles. The molecule has 0 heterocycles.